The molecule has 0 fully saturated rings. The predicted octanol–water partition coefficient (Wildman–Crippen LogP) is 0.344. The van der Waals surface area contributed by atoms with Crippen molar-refractivity contribution in [3.8, 4) is 5.75 Å². The highest BCUT2D eigenvalue weighted by Gasteiger charge is 2.10. The summed E-state index contributed by atoms with van der Waals surface area (Å²) < 4.78 is 5.37. The maximum Gasteiger partial charge on any atom is 0.251 e. The number of ether oxygens (including phenoxy) is 1. The van der Waals surface area contributed by atoms with E-state index < -0.39 is 17.9 Å². The van der Waals surface area contributed by atoms with E-state index in [1.165, 1.54) is 6.92 Å². The summed E-state index contributed by atoms with van der Waals surface area (Å²) in [5.41, 5.74) is 0.381. The van der Waals surface area contributed by atoms with E-state index in [1.807, 2.05) is 6.92 Å². The first kappa shape index (κ1) is 14.0. The summed E-state index contributed by atoms with van der Waals surface area (Å²) in [7, 11) is 0. The van der Waals surface area contributed by atoms with E-state index in [1.54, 1.807) is 24.3 Å². The summed E-state index contributed by atoms with van der Waals surface area (Å²) in [5.74, 6) is -1.08. The fourth-order valence-corrected chi connectivity index (χ4v) is 1.26. The fraction of sp³-hybridized carbons (Fsp3) is 0.385. The Bertz CT molecular complexity index is 414. The van der Waals surface area contributed by atoms with Crippen LogP contribution in [0.4, 0.5) is 0 Å². The number of hydrogen-bond donors (Lipinski definition) is 1. The molecule has 0 aliphatic rings. The highest BCUT2D eigenvalue weighted by Crippen LogP contribution is 2.12. The molecule has 1 amide bonds. The third-order valence-corrected chi connectivity index (χ3v) is 2.29. The van der Waals surface area contributed by atoms with Crippen molar-refractivity contribution in [3.05, 3.63) is 29.8 Å². The summed E-state index contributed by atoms with van der Waals surface area (Å²) in [6, 6.07) is 5.50. The number of carboxylic acids is 1. The third kappa shape index (κ3) is 4.08. The Hall–Kier alpha value is -2.04. The van der Waals surface area contributed by atoms with Crippen LogP contribution in [0.25, 0.3) is 0 Å². The highest BCUT2D eigenvalue weighted by molar-refractivity contribution is 5.96. The van der Waals surface area contributed by atoms with Crippen molar-refractivity contribution in [1.82, 2.24) is 5.32 Å². The maximum atomic E-state index is 11.6. The topological polar surface area (TPSA) is 78.5 Å². The number of benzene rings is 1. The van der Waals surface area contributed by atoms with Crippen molar-refractivity contribution in [3.63, 3.8) is 0 Å². The molecule has 1 rings (SSSR count). The average molecular weight is 250 g/mol. The molecule has 0 radical (unpaired) electrons. The van der Waals surface area contributed by atoms with Crippen molar-refractivity contribution < 1.29 is 19.4 Å². The summed E-state index contributed by atoms with van der Waals surface area (Å²) >= 11 is 0. The van der Waals surface area contributed by atoms with Gasteiger partial charge in [0.05, 0.1) is 18.6 Å². The molecule has 0 aliphatic carbocycles. The normalized spacial score (nSPS) is 11.7. The first-order valence-corrected chi connectivity index (χ1v) is 5.79. The molecule has 1 aromatic carbocycles. The Morgan fingerprint density at radius 3 is 2.44 bits per heavy atom. The number of carboxylic acid groups (broad SMARTS) is 1. The zero-order valence-corrected chi connectivity index (χ0v) is 10.4. The first-order valence-electron chi connectivity index (χ1n) is 5.79. The van der Waals surface area contributed by atoms with Gasteiger partial charge in [-0.25, -0.2) is 0 Å². The zero-order valence-electron chi connectivity index (χ0n) is 10.4. The molecule has 98 valence electrons. The van der Waals surface area contributed by atoms with Gasteiger partial charge in [-0.3, -0.25) is 4.79 Å². The van der Waals surface area contributed by atoms with Crippen LogP contribution in [0.2, 0.25) is 0 Å². The molecule has 18 heavy (non-hydrogen) atoms. The monoisotopic (exact) mass is 250 g/mol. The van der Waals surface area contributed by atoms with Gasteiger partial charge >= 0.3 is 0 Å². The van der Waals surface area contributed by atoms with Crippen molar-refractivity contribution in [2.45, 2.75) is 26.3 Å². The Morgan fingerprint density at radius 1 is 1.33 bits per heavy atom. The SMILES string of the molecule is CCCOc1ccc(C(=O)N[C@H](C)C(=O)[O-])cc1. The minimum Gasteiger partial charge on any atom is -0.548 e. The lowest BCUT2D eigenvalue weighted by molar-refractivity contribution is -0.307. The second-order valence-electron chi connectivity index (χ2n) is 3.89. The second kappa shape index (κ2) is 6.64. The van der Waals surface area contributed by atoms with E-state index >= 15 is 0 Å². The standard InChI is InChI=1S/C13H17NO4/c1-3-8-18-11-6-4-10(5-7-11)12(15)14-9(2)13(16)17/h4-7,9H,3,8H2,1-2H3,(H,14,15)(H,16,17)/p-1/t9-/m1/s1. The molecule has 0 saturated heterocycles. The van der Waals surface area contributed by atoms with Gasteiger partial charge in [0.15, 0.2) is 0 Å². The molecule has 0 saturated carbocycles. The van der Waals surface area contributed by atoms with Crippen molar-refractivity contribution in [2.75, 3.05) is 6.61 Å². The van der Waals surface area contributed by atoms with Crippen LogP contribution < -0.4 is 15.2 Å². The van der Waals surface area contributed by atoms with Gasteiger partial charge in [-0.15, -0.1) is 0 Å². The third-order valence-electron chi connectivity index (χ3n) is 2.29. The summed E-state index contributed by atoms with van der Waals surface area (Å²) in [5, 5.41) is 12.8. The van der Waals surface area contributed by atoms with Crippen LogP contribution in [0.1, 0.15) is 30.6 Å². The Kier molecular flexibility index (Phi) is 5.17. The minimum absolute atomic E-state index is 0.381. The van der Waals surface area contributed by atoms with Crippen molar-refractivity contribution in [2.24, 2.45) is 0 Å². The lowest BCUT2D eigenvalue weighted by Gasteiger charge is -2.14. The van der Waals surface area contributed by atoms with Gasteiger partial charge in [-0.2, -0.15) is 0 Å². The largest absolute Gasteiger partial charge is 0.548 e. The molecule has 0 bridgehead atoms. The fourth-order valence-electron chi connectivity index (χ4n) is 1.26. The predicted molar refractivity (Wildman–Crippen MR) is 64.2 cm³/mol. The molecule has 1 atom stereocenters. The number of carbonyl (C=O) groups is 2. The van der Waals surface area contributed by atoms with Crippen LogP contribution in [-0.4, -0.2) is 24.5 Å². The quantitative estimate of drug-likeness (QED) is 0.789. The zero-order chi connectivity index (χ0) is 13.5. The lowest BCUT2D eigenvalue weighted by Crippen LogP contribution is -2.45. The van der Waals surface area contributed by atoms with Gasteiger partial charge in [0.2, 0.25) is 0 Å². The number of rotatable bonds is 6. The van der Waals surface area contributed by atoms with E-state index in [4.69, 9.17) is 4.74 Å². The summed E-state index contributed by atoms with van der Waals surface area (Å²) in [6.45, 7) is 3.97. The van der Waals surface area contributed by atoms with Gasteiger partial charge in [-0.05, 0) is 37.6 Å². The van der Waals surface area contributed by atoms with Crippen LogP contribution in [0.15, 0.2) is 24.3 Å². The van der Waals surface area contributed by atoms with Crippen LogP contribution in [0.3, 0.4) is 0 Å². The highest BCUT2D eigenvalue weighted by atomic mass is 16.5. The molecule has 1 aromatic rings. The van der Waals surface area contributed by atoms with Gasteiger partial charge in [0, 0.05) is 5.56 Å². The van der Waals surface area contributed by atoms with Crippen LogP contribution in [0.5, 0.6) is 5.75 Å². The van der Waals surface area contributed by atoms with Crippen LogP contribution in [0, 0.1) is 0 Å². The number of hydrogen-bond acceptors (Lipinski definition) is 4. The molecular weight excluding hydrogens is 234 g/mol. The smallest absolute Gasteiger partial charge is 0.251 e. The van der Waals surface area contributed by atoms with Crippen LogP contribution in [-0.2, 0) is 4.79 Å². The van der Waals surface area contributed by atoms with E-state index in [0.717, 1.165) is 6.42 Å². The van der Waals surface area contributed by atoms with Gasteiger partial charge in [-0.1, -0.05) is 6.92 Å². The van der Waals surface area contributed by atoms with Gasteiger partial charge in [0.25, 0.3) is 5.91 Å². The first-order chi connectivity index (χ1) is 8.54. The molecule has 5 heteroatoms. The molecule has 0 aromatic heterocycles. The minimum atomic E-state index is -1.31. The van der Waals surface area contributed by atoms with E-state index in [2.05, 4.69) is 5.32 Å². The van der Waals surface area contributed by atoms with E-state index in [9.17, 15) is 14.7 Å². The lowest BCUT2D eigenvalue weighted by atomic mass is 10.2. The molecule has 0 heterocycles. The van der Waals surface area contributed by atoms with Gasteiger partial charge in [0.1, 0.15) is 5.75 Å². The van der Waals surface area contributed by atoms with Crippen LogP contribution >= 0.6 is 0 Å². The number of aliphatic carboxylic acids is 1. The van der Waals surface area contributed by atoms with Crippen molar-refractivity contribution >= 4 is 11.9 Å². The molecule has 0 spiro atoms. The number of nitrogens with one attached hydrogen (secondary N) is 1. The molecule has 0 unspecified atom stereocenters. The molecule has 1 N–H and O–H groups in total. The maximum absolute atomic E-state index is 11.6. The number of amides is 1. The van der Waals surface area contributed by atoms with E-state index in [-0.39, 0.29) is 0 Å². The Morgan fingerprint density at radius 2 is 1.94 bits per heavy atom. The summed E-state index contributed by atoms with van der Waals surface area (Å²) in [4.78, 5) is 22.1. The van der Waals surface area contributed by atoms with Gasteiger partial charge < -0.3 is 20.0 Å². The van der Waals surface area contributed by atoms with E-state index in [0.29, 0.717) is 17.9 Å². The number of carbonyl (C=O) groups excluding carboxylic acids is 2. The Labute approximate surface area is 106 Å². The summed E-state index contributed by atoms with van der Waals surface area (Å²) in [6.07, 6.45) is 0.908. The molecule has 5 nitrogen and oxygen atoms in total. The molecular formula is C13H16NO4-. The van der Waals surface area contributed by atoms with Crippen molar-refractivity contribution in [1.29, 1.82) is 0 Å². The second-order valence-corrected chi connectivity index (χ2v) is 3.89. The Balaban J connectivity index is 2.61. The molecule has 0 aliphatic heterocycles. The average Bonchev–Trinajstić information content (AvgIpc) is 2.36.